The van der Waals surface area contributed by atoms with E-state index in [1.807, 2.05) is 24.3 Å². The second-order valence-corrected chi connectivity index (χ2v) is 11.3. The molecular formula is C30H36N8O. The topological polar surface area (TPSA) is 106 Å². The summed E-state index contributed by atoms with van der Waals surface area (Å²) in [5.74, 6) is 1.53. The maximum atomic E-state index is 10.4. The summed E-state index contributed by atoms with van der Waals surface area (Å²) in [7, 11) is 0. The second kappa shape index (κ2) is 10.2. The number of nitrogens with zero attached hydrogens (tertiary/aromatic N) is 6. The maximum Gasteiger partial charge on any atom is 0.225 e. The number of aromatic amines is 1. The van der Waals surface area contributed by atoms with Crippen LogP contribution in [0.3, 0.4) is 0 Å². The number of hydrogen-bond donors (Lipinski definition) is 3. The van der Waals surface area contributed by atoms with Crippen LogP contribution in [0, 0.1) is 0 Å². The Balaban J connectivity index is 1.09. The van der Waals surface area contributed by atoms with Crippen molar-refractivity contribution >= 4 is 17.0 Å². The van der Waals surface area contributed by atoms with Gasteiger partial charge >= 0.3 is 0 Å². The van der Waals surface area contributed by atoms with E-state index in [-0.39, 0.29) is 11.8 Å². The van der Waals surface area contributed by atoms with Gasteiger partial charge in [-0.05, 0) is 88.5 Å². The molecule has 202 valence electrons. The molecule has 7 rings (SSSR count). The fourth-order valence-corrected chi connectivity index (χ4v) is 6.87. The van der Waals surface area contributed by atoms with Crippen LogP contribution in [-0.4, -0.2) is 73.9 Å². The van der Waals surface area contributed by atoms with Crippen molar-refractivity contribution in [2.45, 2.75) is 57.0 Å². The molecule has 2 fully saturated rings. The van der Waals surface area contributed by atoms with Crippen LogP contribution in [0.15, 0.2) is 42.7 Å². The third-order valence-corrected chi connectivity index (χ3v) is 9.09. The number of hydrogen-bond acceptors (Lipinski definition) is 8. The molecule has 3 aliphatic heterocycles. The van der Waals surface area contributed by atoms with Crippen LogP contribution in [-0.2, 0) is 6.42 Å². The summed E-state index contributed by atoms with van der Waals surface area (Å²) in [5, 5.41) is 23.7. The molecule has 0 spiro atoms. The quantitative estimate of drug-likeness (QED) is 0.365. The molecule has 6 heterocycles. The van der Waals surface area contributed by atoms with Crippen molar-refractivity contribution in [1.82, 2.24) is 35.4 Å². The highest BCUT2D eigenvalue weighted by Crippen LogP contribution is 2.38. The summed E-state index contributed by atoms with van der Waals surface area (Å²) in [6.07, 6.45) is 9.91. The number of rotatable bonds is 4. The molecule has 0 saturated carbocycles. The van der Waals surface area contributed by atoms with Gasteiger partial charge in [-0.3, -0.25) is 0 Å². The number of para-hydroxylation sites is 1. The highest BCUT2D eigenvalue weighted by molar-refractivity contribution is 5.86. The van der Waals surface area contributed by atoms with E-state index in [0.717, 1.165) is 49.1 Å². The minimum atomic E-state index is 0.0861. The molecule has 1 unspecified atom stereocenters. The van der Waals surface area contributed by atoms with Crippen molar-refractivity contribution in [3.63, 3.8) is 0 Å². The van der Waals surface area contributed by atoms with Gasteiger partial charge in [-0.25, -0.2) is 9.97 Å². The lowest BCUT2D eigenvalue weighted by atomic mass is 9.89. The van der Waals surface area contributed by atoms with Crippen LogP contribution in [0.25, 0.3) is 22.3 Å². The number of likely N-dealkylation sites (tertiary alicyclic amines) is 1. The molecule has 0 radical (unpaired) electrons. The standard InChI is InChI=1S/C30H36N8O/c1-19-28-24-16-26(23-4-2-3-5-27(23)39)35-36-29(24)34-25(28)10-15-38(19)30-32-17-21(18-33-30)20-8-13-37(14-9-20)22-6-11-31-12-7-22/h2-5,16-20,22,31,39H,6-15H2,1H3,(H,34,36). The molecule has 3 aromatic heterocycles. The Labute approximate surface area is 228 Å². The molecule has 39 heavy (non-hydrogen) atoms. The average Bonchev–Trinajstić information content (AvgIpc) is 3.37. The van der Waals surface area contributed by atoms with E-state index < -0.39 is 0 Å². The van der Waals surface area contributed by atoms with Crippen molar-refractivity contribution in [2.75, 3.05) is 37.6 Å². The van der Waals surface area contributed by atoms with E-state index >= 15 is 0 Å². The summed E-state index contributed by atoms with van der Waals surface area (Å²) in [4.78, 5) is 18.2. The molecule has 9 heteroatoms. The Morgan fingerprint density at radius 2 is 1.72 bits per heavy atom. The zero-order chi connectivity index (χ0) is 26.3. The molecule has 1 atom stereocenters. The normalized spacial score (nSPS) is 21.4. The van der Waals surface area contributed by atoms with Gasteiger partial charge in [0.15, 0.2) is 5.65 Å². The Bertz CT molecular complexity index is 1450. The number of benzene rings is 1. The molecule has 3 aliphatic rings. The highest BCUT2D eigenvalue weighted by Gasteiger charge is 2.31. The summed E-state index contributed by atoms with van der Waals surface area (Å²) >= 11 is 0. The van der Waals surface area contributed by atoms with E-state index in [9.17, 15) is 5.11 Å². The van der Waals surface area contributed by atoms with Crippen molar-refractivity contribution < 1.29 is 5.11 Å². The zero-order valence-corrected chi connectivity index (χ0v) is 22.5. The smallest absolute Gasteiger partial charge is 0.225 e. The monoisotopic (exact) mass is 524 g/mol. The minimum absolute atomic E-state index is 0.0861. The Kier molecular flexibility index (Phi) is 6.40. The average molecular weight is 525 g/mol. The summed E-state index contributed by atoms with van der Waals surface area (Å²) in [5.41, 5.74) is 5.79. The number of aromatic nitrogens is 5. The van der Waals surface area contributed by atoms with Crippen molar-refractivity contribution in [2.24, 2.45) is 0 Å². The van der Waals surface area contributed by atoms with Gasteiger partial charge in [-0.15, -0.1) is 10.2 Å². The number of phenols is 1. The number of H-pyrrole nitrogens is 1. The number of anilines is 1. The van der Waals surface area contributed by atoms with E-state index in [1.54, 1.807) is 6.07 Å². The number of piperidine rings is 2. The molecule has 0 amide bonds. The molecular weight excluding hydrogens is 488 g/mol. The third kappa shape index (κ3) is 4.53. The highest BCUT2D eigenvalue weighted by atomic mass is 16.3. The fraction of sp³-hybridized carbons (Fsp3) is 0.467. The van der Waals surface area contributed by atoms with E-state index in [1.165, 1.54) is 55.6 Å². The molecule has 9 nitrogen and oxygen atoms in total. The van der Waals surface area contributed by atoms with Gasteiger partial charge in [0.1, 0.15) is 5.75 Å². The predicted octanol–water partition coefficient (Wildman–Crippen LogP) is 4.18. The number of fused-ring (bicyclic) bond motifs is 3. The van der Waals surface area contributed by atoms with Gasteiger partial charge in [0, 0.05) is 53.6 Å². The van der Waals surface area contributed by atoms with Crippen LogP contribution in [0.4, 0.5) is 5.95 Å². The zero-order valence-electron chi connectivity index (χ0n) is 22.5. The molecule has 0 bridgehead atoms. The van der Waals surface area contributed by atoms with Crippen LogP contribution in [0.5, 0.6) is 5.75 Å². The summed E-state index contributed by atoms with van der Waals surface area (Å²) in [6, 6.07) is 10.1. The lowest BCUT2D eigenvalue weighted by Gasteiger charge is -2.39. The van der Waals surface area contributed by atoms with Crippen molar-refractivity contribution in [3.05, 3.63) is 59.5 Å². The molecule has 2 saturated heterocycles. The van der Waals surface area contributed by atoms with Crippen molar-refractivity contribution in [3.8, 4) is 17.0 Å². The van der Waals surface area contributed by atoms with E-state index in [4.69, 9.17) is 9.97 Å². The first-order chi connectivity index (χ1) is 19.2. The summed E-state index contributed by atoms with van der Waals surface area (Å²) < 4.78 is 0. The maximum absolute atomic E-state index is 10.4. The number of phenolic OH excluding ortho intramolecular Hbond substituents is 1. The van der Waals surface area contributed by atoms with Gasteiger partial charge in [-0.2, -0.15) is 0 Å². The third-order valence-electron chi connectivity index (χ3n) is 9.09. The molecule has 3 N–H and O–H groups in total. The molecule has 0 aliphatic carbocycles. The first kappa shape index (κ1) is 24.5. The second-order valence-electron chi connectivity index (χ2n) is 11.3. The molecule has 4 aromatic rings. The Morgan fingerprint density at radius 3 is 2.49 bits per heavy atom. The Morgan fingerprint density at radius 1 is 0.949 bits per heavy atom. The largest absolute Gasteiger partial charge is 0.507 e. The van der Waals surface area contributed by atoms with Gasteiger partial charge in [0.25, 0.3) is 0 Å². The van der Waals surface area contributed by atoms with Crippen LogP contribution >= 0.6 is 0 Å². The van der Waals surface area contributed by atoms with Gasteiger partial charge in [-0.1, -0.05) is 12.1 Å². The number of nitrogens with one attached hydrogen (secondary N) is 2. The lowest BCUT2D eigenvalue weighted by Crippen LogP contribution is -2.46. The van der Waals surface area contributed by atoms with E-state index in [0.29, 0.717) is 17.2 Å². The van der Waals surface area contributed by atoms with Gasteiger partial charge < -0.3 is 25.2 Å². The summed E-state index contributed by atoms with van der Waals surface area (Å²) in [6.45, 7) is 7.71. The van der Waals surface area contributed by atoms with Gasteiger partial charge in [0.05, 0.1) is 11.7 Å². The molecule has 1 aromatic carbocycles. The SMILES string of the molecule is CC1c2c([nH]c3nnc(-c4ccccc4O)cc23)CCN1c1ncc(C2CCN(C3CCNCC3)CC2)cn1. The van der Waals surface area contributed by atoms with Crippen LogP contribution < -0.4 is 10.2 Å². The fourth-order valence-electron chi connectivity index (χ4n) is 6.87. The predicted molar refractivity (Wildman–Crippen MR) is 152 cm³/mol. The number of aromatic hydroxyl groups is 1. The van der Waals surface area contributed by atoms with E-state index in [2.05, 4.69) is 49.6 Å². The van der Waals surface area contributed by atoms with Crippen LogP contribution in [0.1, 0.15) is 61.4 Å². The van der Waals surface area contributed by atoms with Gasteiger partial charge in [0.2, 0.25) is 5.95 Å². The Hall–Kier alpha value is -3.56. The first-order valence-electron chi connectivity index (χ1n) is 14.4. The van der Waals surface area contributed by atoms with Crippen LogP contribution in [0.2, 0.25) is 0 Å². The lowest BCUT2D eigenvalue weighted by molar-refractivity contribution is 0.127. The minimum Gasteiger partial charge on any atom is -0.507 e. The van der Waals surface area contributed by atoms with Crippen molar-refractivity contribution in [1.29, 1.82) is 0 Å². The first-order valence-corrected chi connectivity index (χ1v) is 14.4.